The third kappa shape index (κ3) is 3.28. The summed E-state index contributed by atoms with van der Waals surface area (Å²) >= 11 is 0. The van der Waals surface area contributed by atoms with Crippen LogP contribution in [0.3, 0.4) is 0 Å². The first-order chi connectivity index (χ1) is 10.1. The standard InChI is InChI=1S/C16H25N3O2/c1-19-14(9-15(18-19)16(20)21)10-17-13-7-6-11-4-2-3-5-12(11)8-13/h9,11-13,17H,2-8,10H2,1H3,(H,20,21). The highest BCUT2D eigenvalue weighted by Gasteiger charge is 2.31. The molecule has 0 bridgehead atoms. The number of nitrogens with one attached hydrogen (secondary N) is 1. The predicted molar refractivity (Wildman–Crippen MR) is 80.1 cm³/mol. The number of hydrogen-bond acceptors (Lipinski definition) is 3. The molecular formula is C16H25N3O2. The van der Waals surface area contributed by atoms with Gasteiger partial charge in [0.1, 0.15) is 0 Å². The van der Waals surface area contributed by atoms with Crippen molar-refractivity contribution < 1.29 is 9.90 Å². The summed E-state index contributed by atoms with van der Waals surface area (Å²) < 4.78 is 1.67. The lowest BCUT2D eigenvalue weighted by Gasteiger charge is -2.39. The molecule has 1 aromatic rings. The van der Waals surface area contributed by atoms with Crippen LogP contribution in [0.1, 0.15) is 61.1 Å². The molecule has 0 aromatic carbocycles. The van der Waals surface area contributed by atoms with E-state index in [1.54, 1.807) is 10.7 Å². The van der Waals surface area contributed by atoms with Gasteiger partial charge < -0.3 is 10.4 Å². The maximum atomic E-state index is 10.9. The molecule has 2 fully saturated rings. The minimum Gasteiger partial charge on any atom is -0.476 e. The third-order valence-corrected chi connectivity index (χ3v) is 5.31. The lowest BCUT2D eigenvalue weighted by atomic mass is 9.69. The largest absolute Gasteiger partial charge is 0.476 e. The highest BCUT2D eigenvalue weighted by Crippen LogP contribution is 2.40. The van der Waals surface area contributed by atoms with Gasteiger partial charge in [-0.2, -0.15) is 5.10 Å². The first-order valence-electron chi connectivity index (χ1n) is 8.13. The van der Waals surface area contributed by atoms with Crippen molar-refractivity contribution in [1.29, 1.82) is 0 Å². The van der Waals surface area contributed by atoms with Crippen LogP contribution in [0, 0.1) is 11.8 Å². The second kappa shape index (κ2) is 6.18. The lowest BCUT2D eigenvalue weighted by Crippen LogP contribution is -2.38. The van der Waals surface area contributed by atoms with E-state index < -0.39 is 5.97 Å². The van der Waals surface area contributed by atoms with Gasteiger partial charge in [0.15, 0.2) is 5.69 Å². The van der Waals surface area contributed by atoms with Crippen LogP contribution < -0.4 is 5.32 Å². The Labute approximate surface area is 125 Å². The van der Waals surface area contributed by atoms with Gasteiger partial charge in [-0.3, -0.25) is 4.68 Å². The SMILES string of the molecule is Cn1nc(C(=O)O)cc1CNC1CCC2CCCCC2C1. The third-order valence-electron chi connectivity index (χ3n) is 5.31. The molecule has 2 aliphatic carbocycles. The summed E-state index contributed by atoms with van der Waals surface area (Å²) in [6, 6.07) is 2.24. The van der Waals surface area contributed by atoms with Crippen molar-refractivity contribution in [3.8, 4) is 0 Å². The molecule has 0 spiro atoms. The van der Waals surface area contributed by atoms with E-state index in [0.717, 1.165) is 17.5 Å². The topological polar surface area (TPSA) is 67.2 Å². The minimum absolute atomic E-state index is 0.130. The molecule has 0 saturated heterocycles. The second-order valence-corrected chi connectivity index (χ2v) is 6.65. The maximum Gasteiger partial charge on any atom is 0.356 e. The van der Waals surface area contributed by atoms with Crippen LogP contribution in [0.25, 0.3) is 0 Å². The highest BCUT2D eigenvalue weighted by atomic mass is 16.4. The molecule has 5 heteroatoms. The van der Waals surface area contributed by atoms with Gasteiger partial charge in [-0.1, -0.05) is 25.7 Å². The smallest absolute Gasteiger partial charge is 0.356 e. The van der Waals surface area contributed by atoms with Gasteiger partial charge in [0.2, 0.25) is 0 Å². The summed E-state index contributed by atoms with van der Waals surface area (Å²) in [5.41, 5.74) is 1.07. The average Bonchev–Trinajstić information content (AvgIpc) is 2.86. The number of hydrogen-bond donors (Lipinski definition) is 2. The number of aromatic carboxylic acids is 1. The fourth-order valence-electron chi connectivity index (χ4n) is 4.08. The molecule has 1 heterocycles. The van der Waals surface area contributed by atoms with Crippen molar-refractivity contribution in [2.45, 2.75) is 57.5 Å². The summed E-state index contributed by atoms with van der Waals surface area (Å²) in [7, 11) is 1.81. The number of rotatable bonds is 4. The Hall–Kier alpha value is -1.36. The Morgan fingerprint density at radius 1 is 1.33 bits per heavy atom. The van der Waals surface area contributed by atoms with Crippen LogP contribution in [-0.4, -0.2) is 26.9 Å². The number of fused-ring (bicyclic) bond motifs is 1. The minimum atomic E-state index is -0.959. The Kier molecular flexibility index (Phi) is 4.29. The lowest BCUT2D eigenvalue weighted by molar-refractivity contribution is 0.0689. The normalized spacial score (nSPS) is 29.1. The van der Waals surface area contributed by atoms with Crippen molar-refractivity contribution in [3.63, 3.8) is 0 Å². The van der Waals surface area contributed by atoms with E-state index in [9.17, 15) is 4.79 Å². The fourth-order valence-corrected chi connectivity index (χ4v) is 4.08. The van der Waals surface area contributed by atoms with Crippen molar-refractivity contribution in [2.24, 2.45) is 18.9 Å². The quantitative estimate of drug-likeness (QED) is 0.894. The number of aryl methyl sites for hydroxylation is 1. The molecule has 21 heavy (non-hydrogen) atoms. The van der Waals surface area contributed by atoms with Gasteiger partial charge in [-0.25, -0.2) is 4.79 Å². The first-order valence-corrected chi connectivity index (χ1v) is 8.13. The second-order valence-electron chi connectivity index (χ2n) is 6.65. The van der Waals surface area contributed by atoms with Crippen molar-refractivity contribution in [1.82, 2.24) is 15.1 Å². The van der Waals surface area contributed by atoms with Crippen LogP contribution in [0.15, 0.2) is 6.07 Å². The summed E-state index contributed by atoms with van der Waals surface area (Å²) in [5, 5.41) is 16.6. The van der Waals surface area contributed by atoms with Gasteiger partial charge in [0, 0.05) is 19.6 Å². The van der Waals surface area contributed by atoms with Gasteiger partial charge in [0.05, 0.1) is 5.69 Å². The number of carboxylic acid groups (broad SMARTS) is 1. The molecule has 3 unspecified atom stereocenters. The number of aromatic nitrogens is 2. The molecule has 2 aliphatic rings. The van der Waals surface area contributed by atoms with Crippen molar-refractivity contribution in [3.05, 3.63) is 17.5 Å². The molecule has 0 aliphatic heterocycles. The van der Waals surface area contributed by atoms with Crippen molar-refractivity contribution >= 4 is 5.97 Å². The molecule has 5 nitrogen and oxygen atoms in total. The number of nitrogens with zero attached hydrogens (tertiary/aromatic N) is 2. The molecule has 2 N–H and O–H groups in total. The van der Waals surface area contributed by atoms with E-state index in [-0.39, 0.29) is 5.69 Å². The van der Waals surface area contributed by atoms with E-state index in [4.69, 9.17) is 5.11 Å². The molecule has 2 saturated carbocycles. The summed E-state index contributed by atoms with van der Waals surface area (Å²) in [6.45, 7) is 0.707. The monoisotopic (exact) mass is 291 g/mol. The number of carbonyl (C=O) groups is 1. The van der Waals surface area contributed by atoms with Crippen LogP contribution in [0.2, 0.25) is 0 Å². The van der Waals surface area contributed by atoms with E-state index in [0.29, 0.717) is 12.6 Å². The van der Waals surface area contributed by atoms with Crippen LogP contribution in [0.5, 0.6) is 0 Å². The van der Waals surface area contributed by atoms with Crippen LogP contribution in [0.4, 0.5) is 0 Å². The molecule has 0 radical (unpaired) electrons. The molecule has 1 aromatic heterocycles. The first kappa shape index (κ1) is 14.6. The Bertz CT molecular complexity index is 512. The van der Waals surface area contributed by atoms with Gasteiger partial charge >= 0.3 is 5.97 Å². The summed E-state index contributed by atoms with van der Waals surface area (Å²) in [5.74, 6) is 0.915. The van der Waals surface area contributed by atoms with Crippen LogP contribution in [-0.2, 0) is 13.6 Å². The predicted octanol–water partition coefficient (Wildman–Crippen LogP) is 2.57. The molecular weight excluding hydrogens is 266 g/mol. The molecule has 3 atom stereocenters. The fraction of sp³-hybridized carbons (Fsp3) is 0.750. The van der Waals surface area contributed by atoms with Gasteiger partial charge in [-0.05, 0) is 37.2 Å². The van der Waals surface area contributed by atoms with E-state index in [2.05, 4.69) is 10.4 Å². The molecule has 0 amide bonds. The van der Waals surface area contributed by atoms with Crippen LogP contribution >= 0.6 is 0 Å². The zero-order valence-electron chi connectivity index (χ0n) is 12.7. The summed E-state index contributed by atoms with van der Waals surface area (Å²) in [4.78, 5) is 10.9. The van der Waals surface area contributed by atoms with Gasteiger partial charge in [-0.15, -0.1) is 0 Å². The van der Waals surface area contributed by atoms with E-state index in [1.807, 2.05) is 7.05 Å². The Morgan fingerprint density at radius 2 is 2.10 bits per heavy atom. The average molecular weight is 291 g/mol. The molecule has 3 rings (SSSR count). The Balaban J connectivity index is 1.54. The van der Waals surface area contributed by atoms with E-state index >= 15 is 0 Å². The summed E-state index contributed by atoms with van der Waals surface area (Å²) in [6.07, 6.45) is 9.55. The molecule has 116 valence electrons. The van der Waals surface area contributed by atoms with E-state index in [1.165, 1.54) is 44.9 Å². The maximum absolute atomic E-state index is 10.9. The number of carboxylic acids is 1. The highest BCUT2D eigenvalue weighted by molar-refractivity contribution is 5.85. The van der Waals surface area contributed by atoms with Gasteiger partial charge in [0.25, 0.3) is 0 Å². The zero-order valence-corrected chi connectivity index (χ0v) is 12.7. The van der Waals surface area contributed by atoms with Crippen molar-refractivity contribution in [2.75, 3.05) is 0 Å². The zero-order chi connectivity index (χ0) is 14.8. The Morgan fingerprint density at radius 3 is 2.81 bits per heavy atom.